The summed E-state index contributed by atoms with van der Waals surface area (Å²) in [6.07, 6.45) is 0. The molecule has 2 aromatic rings. The van der Waals surface area contributed by atoms with Gasteiger partial charge in [0.2, 0.25) is 5.88 Å². The van der Waals surface area contributed by atoms with Crippen LogP contribution in [0.3, 0.4) is 0 Å². The molecule has 128 valence electrons. The molecule has 0 amide bonds. The number of methoxy groups -OCH3 is 1. The molecule has 1 unspecified atom stereocenters. The molecule has 0 aliphatic rings. The molecule has 0 spiro atoms. The Morgan fingerprint density at radius 3 is 2.43 bits per heavy atom. The SMILES string of the molecule is COc1c(CNC(C)Cn2nc(C)cc2C)c(C(C)C)nn1C. The van der Waals surface area contributed by atoms with Crippen LogP contribution in [-0.2, 0) is 20.1 Å². The van der Waals surface area contributed by atoms with Crippen molar-refractivity contribution in [1.82, 2.24) is 24.9 Å². The molecular weight excluding hydrogens is 290 g/mol. The van der Waals surface area contributed by atoms with Gasteiger partial charge in [0.25, 0.3) is 0 Å². The molecule has 6 heteroatoms. The summed E-state index contributed by atoms with van der Waals surface area (Å²) in [6, 6.07) is 2.41. The number of ether oxygens (including phenoxy) is 1. The minimum Gasteiger partial charge on any atom is -0.481 e. The van der Waals surface area contributed by atoms with E-state index < -0.39 is 0 Å². The fourth-order valence-corrected chi connectivity index (χ4v) is 2.92. The Morgan fingerprint density at radius 1 is 1.22 bits per heavy atom. The van der Waals surface area contributed by atoms with Crippen molar-refractivity contribution in [3.63, 3.8) is 0 Å². The van der Waals surface area contributed by atoms with Gasteiger partial charge in [0, 0.05) is 25.3 Å². The lowest BCUT2D eigenvalue weighted by Crippen LogP contribution is -2.31. The quantitative estimate of drug-likeness (QED) is 0.852. The lowest BCUT2D eigenvalue weighted by atomic mass is 10.1. The molecule has 6 nitrogen and oxygen atoms in total. The summed E-state index contributed by atoms with van der Waals surface area (Å²) in [5, 5.41) is 12.7. The maximum Gasteiger partial charge on any atom is 0.216 e. The number of aryl methyl sites for hydroxylation is 3. The highest BCUT2D eigenvalue weighted by Gasteiger charge is 2.19. The molecule has 0 aliphatic heterocycles. The molecule has 2 aromatic heterocycles. The van der Waals surface area contributed by atoms with Gasteiger partial charge in [0.1, 0.15) is 0 Å². The van der Waals surface area contributed by atoms with E-state index in [1.165, 1.54) is 5.69 Å². The van der Waals surface area contributed by atoms with Gasteiger partial charge in [-0.15, -0.1) is 0 Å². The highest BCUT2D eigenvalue weighted by molar-refractivity contribution is 5.33. The maximum absolute atomic E-state index is 5.52. The van der Waals surface area contributed by atoms with Crippen molar-refractivity contribution in [3.05, 3.63) is 28.7 Å². The van der Waals surface area contributed by atoms with E-state index >= 15 is 0 Å². The predicted molar refractivity (Wildman–Crippen MR) is 91.9 cm³/mol. The summed E-state index contributed by atoms with van der Waals surface area (Å²) in [4.78, 5) is 0. The average Bonchev–Trinajstić information content (AvgIpc) is 2.95. The summed E-state index contributed by atoms with van der Waals surface area (Å²) in [6.45, 7) is 12.2. The topological polar surface area (TPSA) is 56.9 Å². The molecule has 0 aromatic carbocycles. The van der Waals surface area contributed by atoms with Crippen molar-refractivity contribution in [2.24, 2.45) is 7.05 Å². The molecular formula is C17H29N5O. The van der Waals surface area contributed by atoms with Crippen LogP contribution in [0.1, 0.15) is 49.3 Å². The Kier molecular flexibility index (Phi) is 5.46. The largest absolute Gasteiger partial charge is 0.481 e. The number of rotatable bonds is 7. The highest BCUT2D eigenvalue weighted by atomic mass is 16.5. The minimum absolute atomic E-state index is 0.304. The highest BCUT2D eigenvalue weighted by Crippen LogP contribution is 2.26. The van der Waals surface area contributed by atoms with Crippen molar-refractivity contribution in [2.45, 2.75) is 59.7 Å². The first-order valence-electron chi connectivity index (χ1n) is 8.17. The van der Waals surface area contributed by atoms with Gasteiger partial charge in [-0.3, -0.25) is 4.68 Å². The van der Waals surface area contributed by atoms with E-state index in [2.05, 4.69) is 54.0 Å². The fraction of sp³-hybridized carbons (Fsp3) is 0.647. The van der Waals surface area contributed by atoms with E-state index in [4.69, 9.17) is 4.74 Å². The lowest BCUT2D eigenvalue weighted by Gasteiger charge is -2.16. The zero-order valence-electron chi connectivity index (χ0n) is 15.3. The summed E-state index contributed by atoms with van der Waals surface area (Å²) in [5.41, 5.74) is 4.49. The summed E-state index contributed by atoms with van der Waals surface area (Å²) >= 11 is 0. The van der Waals surface area contributed by atoms with Crippen molar-refractivity contribution < 1.29 is 4.74 Å². The summed E-state index contributed by atoms with van der Waals surface area (Å²) in [7, 11) is 3.62. The first-order valence-corrected chi connectivity index (χ1v) is 8.17. The third-order valence-electron chi connectivity index (χ3n) is 4.04. The van der Waals surface area contributed by atoms with Gasteiger partial charge < -0.3 is 10.1 Å². The third kappa shape index (κ3) is 3.93. The van der Waals surface area contributed by atoms with E-state index in [-0.39, 0.29) is 0 Å². The minimum atomic E-state index is 0.304. The summed E-state index contributed by atoms with van der Waals surface area (Å²) < 4.78 is 9.39. The number of aromatic nitrogens is 4. The molecule has 0 aliphatic carbocycles. The second-order valence-electron chi connectivity index (χ2n) is 6.54. The monoisotopic (exact) mass is 319 g/mol. The third-order valence-corrected chi connectivity index (χ3v) is 4.04. The Morgan fingerprint density at radius 2 is 1.91 bits per heavy atom. The maximum atomic E-state index is 5.52. The molecule has 0 fully saturated rings. The van der Waals surface area contributed by atoms with E-state index in [0.717, 1.165) is 35.9 Å². The molecule has 2 rings (SSSR count). The van der Waals surface area contributed by atoms with Crippen LogP contribution in [-0.4, -0.2) is 32.7 Å². The van der Waals surface area contributed by atoms with E-state index in [0.29, 0.717) is 12.0 Å². The fourth-order valence-electron chi connectivity index (χ4n) is 2.92. The zero-order chi connectivity index (χ0) is 17.1. The first kappa shape index (κ1) is 17.5. The Labute approximate surface area is 138 Å². The standard InChI is InChI=1S/C17H29N5O/c1-11(2)16-15(17(23-7)21(6)20-16)9-18-13(4)10-22-14(5)8-12(3)19-22/h8,11,13,18H,9-10H2,1-7H3. The zero-order valence-corrected chi connectivity index (χ0v) is 15.3. The Balaban J connectivity index is 2.06. The van der Waals surface area contributed by atoms with Gasteiger partial charge in [0.15, 0.2) is 0 Å². The van der Waals surface area contributed by atoms with Gasteiger partial charge in [-0.1, -0.05) is 13.8 Å². The normalized spacial score (nSPS) is 12.9. The molecule has 0 saturated carbocycles. The van der Waals surface area contributed by atoms with Gasteiger partial charge in [-0.05, 0) is 32.8 Å². The van der Waals surface area contributed by atoms with Crippen LogP contribution < -0.4 is 10.1 Å². The number of hydrogen-bond acceptors (Lipinski definition) is 4. The van der Waals surface area contributed by atoms with Crippen LogP contribution in [0.2, 0.25) is 0 Å². The van der Waals surface area contributed by atoms with Crippen molar-refractivity contribution in [3.8, 4) is 5.88 Å². The first-order chi connectivity index (χ1) is 10.8. The van der Waals surface area contributed by atoms with E-state index in [9.17, 15) is 0 Å². The second kappa shape index (κ2) is 7.17. The Bertz CT molecular complexity index is 656. The molecule has 23 heavy (non-hydrogen) atoms. The molecule has 2 heterocycles. The van der Waals surface area contributed by atoms with Gasteiger partial charge in [0.05, 0.1) is 30.6 Å². The number of hydrogen-bond donors (Lipinski definition) is 1. The smallest absolute Gasteiger partial charge is 0.216 e. The average molecular weight is 319 g/mol. The van der Waals surface area contributed by atoms with E-state index in [1.807, 2.05) is 18.7 Å². The van der Waals surface area contributed by atoms with Crippen LogP contribution in [0.25, 0.3) is 0 Å². The van der Waals surface area contributed by atoms with Gasteiger partial charge >= 0.3 is 0 Å². The van der Waals surface area contributed by atoms with Crippen LogP contribution >= 0.6 is 0 Å². The van der Waals surface area contributed by atoms with Crippen LogP contribution in [0.15, 0.2) is 6.07 Å². The van der Waals surface area contributed by atoms with Gasteiger partial charge in [-0.2, -0.15) is 10.2 Å². The van der Waals surface area contributed by atoms with Gasteiger partial charge in [-0.25, -0.2) is 4.68 Å². The van der Waals surface area contributed by atoms with Crippen LogP contribution in [0, 0.1) is 13.8 Å². The molecule has 1 atom stereocenters. The van der Waals surface area contributed by atoms with Crippen LogP contribution in [0.5, 0.6) is 5.88 Å². The second-order valence-corrected chi connectivity index (χ2v) is 6.54. The van der Waals surface area contributed by atoms with Crippen molar-refractivity contribution in [1.29, 1.82) is 0 Å². The molecule has 0 saturated heterocycles. The number of nitrogens with zero attached hydrogens (tertiary/aromatic N) is 4. The summed E-state index contributed by atoms with van der Waals surface area (Å²) in [5.74, 6) is 1.20. The number of nitrogens with one attached hydrogen (secondary N) is 1. The van der Waals surface area contributed by atoms with Crippen LogP contribution in [0.4, 0.5) is 0 Å². The molecule has 1 N–H and O–H groups in total. The van der Waals surface area contributed by atoms with Crippen molar-refractivity contribution >= 4 is 0 Å². The Hall–Kier alpha value is -1.82. The van der Waals surface area contributed by atoms with Crippen molar-refractivity contribution in [2.75, 3.05) is 7.11 Å². The molecule has 0 bridgehead atoms. The molecule has 0 radical (unpaired) electrons. The predicted octanol–water partition coefficient (Wildman–Crippen LogP) is 2.54. The lowest BCUT2D eigenvalue weighted by molar-refractivity contribution is 0.365. The van der Waals surface area contributed by atoms with E-state index in [1.54, 1.807) is 7.11 Å².